The number of aromatic hydroxyl groups is 2. The molecule has 0 fully saturated rings. The fourth-order valence-electron chi connectivity index (χ4n) is 3.47. The Morgan fingerprint density at radius 3 is 2.13 bits per heavy atom. The summed E-state index contributed by atoms with van der Waals surface area (Å²) in [5.74, 6) is -2.09. The summed E-state index contributed by atoms with van der Waals surface area (Å²) in [4.78, 5) is 11.4. The predicted octanol–water partition coefficient (Wildman–Crippen LogP) is 5.11. The molecular formula is C23H35ClO6. The van der Waals surface area contributed by atoms with Gasteiger partial charge in [-0.25, -0.2) is 4.79 Å². The molecule has 1 aromatic carbocycles. The molecule has 5 N–H and O–H groups in total. The molecule has 1 aromatic rings. The number of aromatic carboxylic acids is 1. The van der Waals surface area contributed by atoms with E-state index in [1.165, 1.54) is 6.92 Å². The number of carboxylic acids is 1. The van der Waals surface area contributed by atoms with Crippen molar-refractivity contribution in [3.8, 4) is 11.5 Å². The Kier molecular flexibility index (Phi) is 9.21. The second-order valence-corrected chi connectivity index (χ2v) is 9.44. The van der Waals surface area contributed by atoms with Crippen molar-refractivity contribution in [1.29, 1.82) is 0 Å². The summed E-state index contributed by atoms with van der Waals surface area (Å²) < 4.78 is 0. The first-order valence-corrected chi connectivity index (χ1v) is 10.6. The van der Waals surface area contributed by atoms with E-state index in [1.807, 2.05) is 13.0 Å². The highest BCUT2D eigenvalue weighted by atomic mass is 35.5. The first-order chi connectivity index (χ1) is 13.7. The third kappa shape index (κ3) is 7.82. The number of carboxylic acid groups (broad SMARTS) is 1. The van der Waals surface area contributed by atoms with Crippen LogP contribution in [0.5, 0.6) is 11.5 Å². The molecule has 0 aromatic heterocycles. The van der Waals surface area contributed by atoms with Gasteiger partial charge in [0.2, 0.25) is 0 Å². The zero-order valence-electron chi connectivity index (χ0n) is 18.5. The van der Waals surface area contributed by atoms with Gasteiger partial charge in [-0.15, -0.1) is 0 Å². The minimum atomic E-state index is -1.30. The number of aliphatic hydroxyl groups is 2. The third-order valence-corrected chi connectivity index (χ3v) is 5.84. The number of halogens is 1. The van der Waals surface area contributed by atoms with Crippen LogP contribution in [0.3, 0.4) is 0 Å². The van der Waals surface area contributed by atoms with Crippen molar-refractivity contribution >= 4 is 17.6 Å². The molecule has 0 bridgehead atoms. The molecule has 0 aliphatic rings. The van der Waals surface area contributed by atoms with Gasteiger partial charge in [0.25, 0.3) is 0 Å². The summed E-state index contributed by atoms with van der Waals surface area (Å²) in [5.41, 5.74) is -0.638. The Bertz CT molecular complexity index is 790. The number of hydrogen-bond acceptors (Lipinski definition) is 5. The first kappa shape index (κ1) is 26.3. The zero-order chi connectivity index (χ0) is 23.3. The fourth-order valence-corrected chi connectivity index (χ4v) is 3.68. The van der Waals surface area contributed by atoms with Crippen LogP contribution in [0.15, 0.2) is 11.6 Å². The van der Waals surface area contributed by atoms with E-state index in [0.717, 1.165) is 18.4 Å². The molecule has 7 heteroatoms. The number of benzene rings is 1. The Labute approximate surface area is 183 Å². The van der Waals surface area contributed by atoms with Crippen LogP contribution in [0, 0.1) is 6.92 Å². The molecule has 0 heterocycles. The van der Waals surface area contributed by atoms with Gasteiger partial charge in [0.05, 0.1) is 16.2 Å². The van der Waals surface area contributed by atoms with Gasteiger partial charge in [-0.05, 0) is 85.1 Å². The van der Waals surface area contributed by atoms with E-state index in [0.29, 0.717) is 25.7 Å². The lowest BCUT2D eigenvalue weighted by Crippen LogP contribution is -2.26. The second kappa shape index (κ2) is 10.5. The van der Waals surface area contributed by atoms with E-state index < -0.39 is 22.9 Å². The van der Waals surface area contributed by atoms with Crippen molar-refractivity contribution in [2.45, 2.75) is 90.8 Å². The summed E-state index contributed by atoms with van der Waals surface area (Å²) in [5, 5.41) is 50.0. The minimum Gasteiger partial charge on any atom is -0.507 e. The van der Waals surface area contributed by atoms with E-state index >= 15 is 0 Å². The Balaban J connectivity index is 2.72. The van der Waals surface area contributed by atoms with Crippen LogP contribution in [-0.2, 0) is 6.42 Å². The average Bonchev–Trinajstić information content (AvgIpc) is 2.58. The van der Waals surface area contributed by atoms with E-state index in [-0.39, 0.29) is 33.9 Å². The lowest BCUT2D eigenvalue weighted by atomic mass is 9.89. The van der Waals surface area contributed by atoms with Crippen LogP contribution in [0.4, 0.5) is 0 Å². The molecule has 0 spiro atoms. The summed E-state index contributed by atoms with van der Waals surface area (Å²) >= 11 is 6.03. The Morgan fingerprint density at radius 2 is 1.60 bits per heavy atom. The monoisotopic (exact) mass is 442 g/mol. The van der Waals surface area contributed by atoms with Gasteiger partial charge in [0.1, 0.15) is 17.1 Å². The molecule has 0 saturated carbocycles. The lowest BCUT2D eigenvalue weighted by molar-refractivity contribution is 0.0226. The molecule has 170 valence electrons. The Hall–Kier alpha value is -1.76. The van der Waals surface area contributed by atoms with E-state index in [1.54, 1.807) is 20.8 Å². The van der Waals surface area contributed by atoms with E-state index in [4.69, 9.17) is 11.6 Å². The normalized spacial score (nSPS) is 14.6. The minimum absolute atomic E-state index is 0.0756. The quantitative estimate of drug-likeness (QED) is 0.304. The van der Waals surface area contributed by atoms with Gasteiger partial charge in [-0.1, -0.05) is 23.3 Å². The topological polar surface area (TPSA) is 118 Å². The largest absolute Gasteiger partial charge is 0.507 e. The number of carbonyl (C=O) groups is 1. The number of hydrogen-bond donors (Lipinski definition) is 5. The van der Waals surface area contributed by atoms with Gasteiger partial charge in [0.15, 0.2) is 0 Å². The maximum atomic E-state index is 11.4. The molecular weight excluding hydrogens is 408 g/mol. The fraction of sp³-hybridized carbons (Fsp3) is 0.609. The second-order valence-electron chi connectivity index (χ2n) is 9.07. The van der Waals surface area contributed by atoms with Gasteiger partial charge in [0, 0.05) is 5.56 Å². The van der Waals surface area contributed by atoms with Crippen LogP contribution in [0.25, 0.3) is 0 Å². The highest BCUT2D eigenvalue weighted by Crippen LogP contribution is 2.41. The molecule has 30 heavy (non-hydrogen) atoms. The molecule has 0 aliphatic heterocycles. The SMILES string of the molecule is C/C(=C\Cc1c(O)c(Cl)c(C)c(C(=O)O)c1O)CCC[C@@](C)(O)CCCC(C)(C)O. The summed E-state index contributed by atoms with van der Waals surface area (Å²) in [6.45, 7) is 8.65. The maximum absolute atomic E-state index is 11.4. The molecule has 0 amide bonds. The van der Waals surface area contributed by atoms with Crippen LogP contribution < -0.4 is 0 Å². The van der Waals surface area contributed by atoms with Crippen molar-refractivity contribution in [2.24, 2.45) is 0 Å². The molecule has 0 saturated heterocycles. The van der Waals surface area contributed by atoms with Crippen LogP contribution in [0.1, 0.15) is 87.7 Å². The summed E-state index contributed by atoms with van der Waals surface area (Å²) in [6.07, 6.45) is 6.03. The molecule has 6 nitrogen and oxygen atoms in total. The zero-order valence-corrected chi connectivity index (χ0v) is 19.3. The number of phenolic OH excluding ortho intramolecular Hbond substituents is 1. The number of rotatable bonds is 11. The van der Waals surface area contributed by atoms with Crippen molar-refractivity contribution in [3.63, 3.8) is 0 Å². The Morgan fingerprint density at radius 1 is 1.03 bits per heavy atom. The van der Waals surface area contributed by atoms with E-state index in [9.17, 15) is 30.3 Å². The molecule has 1 rings (SSSR count). The van der Waals surface area contributed by atoms with Crippen LogP contribution >= 0.6 is 11.6 Å². The van der Waals surface area contributed by atoms with Crippen molar-refractivity contribution in [1.82, 2.24) is 0 Å². The molecule has 0 aliphatic carbocycles. The van der Waals surface area contributed by atoms with Crippen LogP contribution in [0.2, 0.25) is 5.02 Å². The van der Waals surface area contributed by atoms with Crippen LogP contribution in [-0.4, -0.2) is 42.7 Å². The predicted molar refractivity (Wildman–Crippen MR) is 119 cm³/mol. The van der Waals surface area contributed by atoms with Gasteiger partial charge in [-0.3, -0.25) is 0 Å². The van der Waals surface area contributed by atoms with Gasteiger partial charge < -0.3 is 25.5 Å². The standard InChI is InChI=1S/C23H35ClO6/c1-14(8-6-12-23(5,30)13-7-11-22(3,4)29)9-10-16-19(25)17(21(27)28)15(2)18(24)20(16)26/h9,25-26,29-30H,6-8,10-13H2,1-5H3,(H,27,28)/b14-9+/t23-/m1/s1. The maximum Gasteiger partial charge on any atom is 0.339 e. The van der Waals surface area contributed by atoms with Crippen molar-refractivity contribution in [3.05, 3.63) is 33.4 Å². The average molecular weight is 443 g/mol. The highest BCUT2D eigenvalue weighted by Gasteiger charge is 2.24. The smallest absolute Gasteiger partial charge is 0.339 e. The van der Waals surface area contributed by atoms with Gasteiger partial charge >= 0.3 is 5.97 Å². The highest BCUT2D eigenvalue weighted by molar-refractivity contribution is 6.33. The summed E-state index contributed by atoms with van der Waals surface area (Å²) in [6, 6.07) is 0. The molecule has 0 unspecified atom stereocenters. The first-order valence-electron chi connectivity index (χ1n) is 10.2. The molecule has 1 atom stereocenters. The molecule has 0 radical (unpaired) electrons. The van der Waals surface area contributed by atoms with E-state index in [2.05, 4.69) is 0 Å². The number of allylic oxidation sites excluding steroid dienone is 2. The van der Waals surface area contributed by atoms with Crippen molar-refractivity contribution < 1.29 is 30.3 Å². The van der Waals surface area contributed by atoms with Crippen molar-refractivity contribution in [2.75, 3.05) is 0 Å². The lowest BCUT2D eigenvalue weighted by Gasteiger charge is -2.25. The van der Waals surface area contributed by atoms with Gasteiger partial charge in [-0.2, -0.15) is 0 Å². The summed E-state index contributed by atoms with van der Waals surface area (Å²) in [7, 11) is 0. The number of phenols is 2. The third-order valence-electron chi connectivity index (χ3n) is 5.38.